The van der Waals surface area contributed by atoms with Crippen LogP contribution in [0.15, 0.2) is 22.7 Å². The molecule has 1 saturated carbocycles. The fourth-order valence-electron chi connectivity index (χ4n) is 2.62. The second-order valence-electron chi connectivity index (χ2n) is 5.41. The molecule has 2 rings (SSSR count). The summed E-state index contributed by atoms with van der Waals surface area (Å²) < 4.78 is 6.29. The van der Waals surface area contributed by atoms with E-state index >= 15 is 0 Å². The van der Waals surface area contributed by atoms with Gasteiger partial charge in [0.1, 0.15) is 5.75 Å². The molecule has 2 N–H and O–H groups in total. The molecule has 1 aromatic carbocycles. The minimum atomic E-state index is -0.484. The first kappa shape index (κ1) is 16.6. The van der Waals surface area contributed by atoms with Crippen molar-refractivity contribution in [2.75, 3.05) is 13.2 Å². The molecule has 116 valence electrons. The normalized spacial score (nSPS) is 17.3. The van der Waals surface area contributed by atoms with Gasteiger partial charge in [0.2, 0.25) is 0 Å². The van der Waals surface area contributed by atoms with Crippen LogP contribution >= 0.6 is 27.5 Å². The van der Waals surface area contributed by atoms with Crippen LogP contribution in [0.1, 0.15) is 32.1 Å². The summed E-state index contributed by atoms with van der Waals surface area (Å²) in [6.07, 6.45) is 4.84. The van der Waals surface area contributed by atoms with Crippen LogP contribution < -0.4 is 10.1 Å². The van der Waals surface area contributed by atoms with Crippen LogP contribution in [0.4, 0.5) is 0 Å². The maximum absolute atomic E-state index is 12.0. The number of carbonyl (C=O) groups excluding carboxylic acids is 1. The highest BCUT2D eigenvalue weighted by atomic mass is 79.9. The molecule has 21 heavy (non-hydrogen) atoms. The molecule has 0 saturated heterocycles. The molecule has 4 nitrogen and oxygen atoms in total. The lowest BCUT2D eigenvalue weighted by Crippen LogP contribution is -2.53. The lowest BCUT2D eigenvalue weighted by atomic mass is 9.82. The highest BCUT2D eigenvalue weighted by Gasteiger charge is 2.32. The third kappa shape index (κ3) is 4.59. The van der Waals surface area contributed by atoms with Gasteiger partial charge in [0.05, 0.1) is 17.2 Å². The van der Waals surface area contributed by atoms with Gasteiger partial charge in [-0.3, -0.25) is 4.79 Å². The van der Waals surface area contributed by atoms with Crippen molar-refractivity contribution in [3.63, 3.8) is 0 Å². The van der Waals surface area contributed by atoms with Gasteiger partial charge >= 0.3 is 0 Å². The first-order valence-electron chi connectivity index (χ1n) is 7.04. The van der Waals surface area contributed by atoms with Crippen molar-refractivity contribution in [1.29, 1.82) is 0 Å². The number of rotatable bonds is 5. The Balaban J connectivity index is 1.89. The van der Waals surface area contributed by atoms with Crippen LogP contribution in [0.5, 0.6) is 5.75 Å². The zero-order chi connectivity index (χ0) is 15.3. The third-order valence-corrected chi connectivity index (χ3v) is 4.56. The van der Waals surface area contributed by atoms with E-state index in [1.54, 1.807) is 18.2 Å². The molecule has 1 aliphatic rings. The smallest absolute Gasteiger partial charge is 0.258 e. The second-order valence-corrected chi connectivity index (χ2v) is 6.73. The molecule has 1 aliphatic carbocycles. The maximum atomic E-state index is 12.0. The van der Waals surface area contributed by atoms with Crippen LogP contribution in [-0.4, -0.2) is 29.8 Å². The van der Waals surface area contributed by atoms with Gasteiger partial charge in [-0.2, -0.15) is 0 Å². The monoisotopic (exact) mass is 375 g/mol. The van der Waals surface area contributed by atoms with Crippen LogP contribution in [0.2, 0.25) is 5.02 Å². The average molecular weight is 377 g/mol. The summed E-state index contributed by atoms with van der Waals surface area (Å²) >= 11 is 9.34. The predicted molar refractivity (Wildman–Crippen MR) is 85.7 cm³/mol. The molecule has 0 aromatic heterocycles. The predicted octanol–water partition coefficient (Wildman–Crippen LogP) is 3.29. The molecule has 0 atom stereocenters. The van der Waals surface area contributed by atoms with Crippen LogP contribution in [0.3, 0.4) is 0 Å². The first-order chi connectivity index (χ1) is 10.0. The summed E-state index contributed by atoms with van der Waals surface area (Å²) in [7, 11) is 0. The zero-order valence-electron chi connectivity index (χ0n) is 11.7. The number of nitrogens with one attached hydrogen (secondary N) is 1. The number of benzene rings is 1. The molecule has 0 heterocycles. The topological polar surface area (TPSA) is 58.6 Å². The van der Waals surface area contributed by atoms with Crippen molar-refractivity contribution < 1.29 is 14.6 Å². The Morgan fingerprint density at radius 3 is 2.71 bits per heavy atom. The summed E-state index contributed by atoms with van der Waals surface area (Å²) in [6, 6.07) is 5.22. The molecule has 1 aromatic rings. The summed E-state index contributed by atoms with van der Waals surface area (Å²) in [6.45, 7) is -0.138. The van der Waals surface area contributed by atoms with E-state index in [0.717, 1.165) is 36.6 Å². The summed E-state index contributed by atoms with van der Waals surface area (Å²) in [5, 5.41) is 12.9. The van der Waals surface area contributed by atoms with Crippen LogP contribution in [-0.2, 0) is 4.79 Å². The minimum absolute atomic E-state index is 0.0300. The number of halogens is 2. The van der Waals surface area contributed by atoms with Crippen LogP contribution in [0.25, 0.3) is 0 Å². The molecule has 1 fully saturated rings. The molecule has 6 heteroatoms. The van der Waals surface area contributed by atoms with Crippen LogP contribution in [0, 0.1) is 0 Å². The third-order valence-electron chi connectivity index (χ3n) is 3.77. The molecular formula is C15H19BrClNO3. The molecule has 1 amide bonds. The second kappa shape index (κ2) is 7.47. The van der Waals surface area contributed by atoms with Crippen molar-refractivity contribution >= 4 is 33.4 Å². The summed E-state index contributed by atoms with van der Waals surface area (Å²) in [4.78, 5) is 12.0. The molecule has 0 radical (unpaired) electrons. The van der Waals surface area contributed by atoms with Crippen molar-refractivity contribution in [1.82, 2.24) is 5.32 Å². The first-order valence-corrected chi connectivity index (χ1v) is 8.21. The van der Waals surface area contributed by atoms with E-state index < -0.39 is 5.54 Å². The van der Waals surface area contributed by atoms with Gasteiger partial charge in [0.25, 0.3) is 5.91 Å². The van der Waals surface area contributed by atoms with E-state index in [0.29, 0.717) is 10.8 Å². The molecule has 0 bridgehead atoms. The van der Waals surface area contributed by atoms with E-state index in [1.165, 1.54) is 0 Å². The number of aliphatic hydroxyl groups is 1. The van der Waals surface area contributed by atoms with E-state index in [2.05, 4.69) is 21.2 Å². The Kier molecular flexibility index (Phi) is 5.90. The number of aliphatic hydroxyl groups excluding tert-OH is 1. The number of ether oxygens (including phenoxy) is 1. The van der Waals surface area contributed by atoms with Gasteiger partial charge in [-0.25, -0.2) is 0 Å². The highest BCUT2D eigenvalue weighted by molar-refractivity contribution is 9.10. The molecule has 0 aliphatic heterocycles. The standard InChI is InChI=1S/C15H19BrClNO3/c16-11-4-5-13(12(17)8-11)21-9-14(20)18-15(10-19)6-2-1-3-7-15/h4-5,8,19H,1-3,6-7,9-10H2,(H,18,20). The van der Waals surface area contributed by atoms with Crippen molar-refractivity contribution in [3.05, 3.63) is 27.7 Å². The Hall–Kier alpha value is -0.780. The summed E-state index contributed by atoms with van der Waals surface area (Å²) in [5.41, 5.74) is -0.484. The lowest BCUT2D eigenvalue weighted by Gasteiger charge is -2.36. The Bertz CT molecular complexity index is 504. The zero-order valence-corrected chi connectivity index (χ0v) is 14.0. The molecule has 0 spiro atoms. The molecule has 0 unspecified atom stereocenters. The highest BCUT2D eigenvalue weighted by Crippen LogP contribution is 2.29. The van der Waals surface area contributed by atoms with E-state index in [9.17, 15) is 9.90 Å². The number of hydrogen-bond acceptors (Lipinski definition) is 3. The van der Waals surface area contributed by atoms with Gasteiger partial charge in [0, 0.05) is 4.47 Å². The molecular weight excluding hydrogens is 358 g/mol. The number of hydrogen-bond donors (Lipinski definition) is 2. The number of amides is 1. The average Bonchev–Trinajstić information content (AvgIpc) is 2.47. The van der Waals surface area contributed by atoms with E-state index in [1.807, 2.05) is 0 Å². The van der Waals surface area contributed by atoms with Gasteiger partial charge in [-0.05, 0) is 31.0 Å². The van der Waals surface area contributed by atoms with Gasteiger partial charge in [-0.1, -0.05) is 46.8 Å². The van der Waals surface area contributed by atoms with Crippen molar-refractivity contribution in [2.24, 2.45) is 0 Å². The fourth-order valence-corrected chi connectivity index (χ4v) is 3.35. The van der Waals surface area contributed by atoms with Crippen molar-refractivity contribution in [2.45, 2.75) is 37.6 Å². The van der Waals surface area contributed by atoms with Crippen molar-refractivity contribution in [3.8, 4) is 5.75 Å². The lowest BCUT2D eigenvalue weighted by molar-refractivity contribution is -0.126. The SMILES string of the molecule is O=C(COc1ccc(Br)cc1Cl)NC1(CO)CCCCC1. The summed E-state index contributed by atoms with van der Waals surface area (Å²) in [5.74, 6) is 0.238. The largest absolute Gasteiger partial charge is 0.482 e. The minimum Gasteiger partial charge on any atom is -0.482 e. The van der Waals surface area contributed by atoms with E-state index in [-0.39, 0.29) is 19.1 Å². The quantitative estimate of drug-likeness (QED) is 0.829. The Labute approximate surface area is 138 Å². The van der Waals surface area contributed by atoms with Gasteiger partial charge in [0.15, 0.2) is 6.61 Å². The van der Waals surface area contributed by atoms with Gasteiger partial charge in [-0.15, -0.1) is 0 Å². The Morgan fingerprint density at radius 2 is 2.10 bits per heavy atom. The Morgan fingerprint density at radius 1 is 1.38 bits per heavy atom. The van der Waals surface area contributed by atoms with E-state index in [4.69, 9.17) is 16.3 Å². The fraction of sp³-hybridized carbons (Fsp3) is 0.533. The van der Waals surface area contributed by atoms with Gasteiger partial charge < -0.3 is 15.2 Å². The number of carbonyl (C=O) groups is 1. The maximum Gasteiger partial charge on any atom is 0.258 e.